The molecule has 17 heteroatoms. The van der Waals surface area contributed by atoms with Crippen molar-refractivity contribution in [2.75, 3.05) is 37.5 Å². The third kappa shape index (κ3) is 5.69. The van der Waals surface area contributed by atoms with E-state index in [9.17, 15) is 24.3 Å². The van der Waals surface area contributed by atoms with Gasteiger partial charge in [0.2, 0.25) is 17.5 Å². The number of carbonyl (C=O) groups excluding carboxylic acids is 3. The molecule has 0 unspecified atom stereocenters. The standard InChI is InChI=1S/C19H23N9O5S3/c1-26(2)3-4-27-19(23-24-25-27)36-7-10-6-34-16-13(15(31)28(16)14(10)17(32)33)22-12(30)5-11-8-35-18(21-11)20-9-29/h8-9,13,16H,3-7H2,1-2H3,(H,22,30)(H,32,33)(H,20,21,29)/t13-,16-/m1/s1. The molecular formula is C19H23N9O5S3. The molecule has 1 fully saturated rings. The van der Waals surface area contributed by atoms with Gasteiger partial charge in [-0.15, -0.1) is 28.2 Å². The molecule has 36 heavy (non-hydrogen) atoms. The first-order chi connectivity index (χ1) is 17.3. The van der Waals surface area contributed by atoms with Gasteiger partial charge in [-0.2, -0.15) is 0 Å². The van der Waals surface area contributed by atoms with E-state index in [2.05, 4.69) is 31.1 Å². The Kier molecular flexibility index (Phi) is 8.22. The van der Waals surface area contributed by atoms with E-state index >= 15 is 0 Å². The number of nitrogens with one attached hydrogen (secondary N) is 2. The summed E-state index contributed by atoms with van der Waals surface area (Å²) >= 11 is 3.89. The van der Waals surface area contributed by atoms with Gasteiger partial charge in [-0.05, 0) is 30.1 Å². The molecule has 3 N–H and O–H groups in total. The van der Waals surface area contributed by atoms with Gasteiger partial charge in [0.25, 0.3) is 5.91 Å². The fourth-order valence-corrected chi connectivity index (χ4v) is 6.63. The molecule has 4 heterocycles. The maximum absolute atomic E-state index is 12.9. The van der Waals surface area contributed by atoms with Crippen molar-refractivity contribution in [2.24, 2.45) is 0 Å². The lowest BCUT2D eigenvalue weighted by Crippen LogP contribution is -2.70. The molecular weight excluding hydrogens is 530 g/mol. The number of carbonyl (C=O) groups is 4. The number of anilines is 1. The molecule has 1 saturated heterocycles. The van der Waals surface area contributed by atoms with Crippen molar-refractivity contribution in [1.29, 1.82) is 0 Å². The van der Waals surface area contributed by atoms with Crippen LogP contribution in [0.1, 0.15) is 5.69 Å². The van der Waals surface area contributed by atoms with Gasteiger partial charge in [0.15, 0.2) is 5.13 Å². The van der Waals surface area contributed by atoms with Crippen molar-refractivity contribution < 1.29 is 24.3 Å². The lowest BCUT2D eigenvalue weighted by Gasteiger charge is -2.49. The van der Waals surface area contributed by atoms with E-state index in [1.165, 1.54) is 39.8 Å². The van der Waals surface area contributed by atoms with E-state index in [1.807, 2.05) is 19.0 Å². The normalized spacial score (nSPS) is 19.2. The number of aromatic nitrogens is 5. The first-order valence-electron chi connectivity index (χ1n) is 10.7. The van der Waals surface area contributed by atoms with E-state index in [1.54, 1.807) is 10.1 Å². The van der Waals surface area contributed by atoms with E-state index in [4.69, 9.17) is 0 Å². The Labute approximate surface area is 217 Å². The van der Waals surface area contributed by atoms with Crippen LogP contribution in [0, 0.1) is 0 Å². The van der Waals surface area contributed by atoms with Crippen LogP contribution in [0.15, 0.2) is 21.8 Å². The molecule has 2 aromatic heterocycles. The molecule has 192 valence electrons. The number of nitrogens with zero attached hydrogens (tertiary/aromatic N) is 7. The fraction of sp³-hybridized carbons (Fsp3) is 0.474. The molecule has 14 nitrogen and oxygen atoms in total. The van der Waals surface area contributed by atoms with E-state index in [-0.39, 0.29) is 12.1 Å². The molecule has 3 amide bonds. The van der Waals surface area contributed by atoms with Gasteiger partial charge in [0, 0.05) is 23.4 Å². The molecule has 0 bridgehead atoms. The molecule has 2 aromatic rings. The van der Waals surface area contributed by atoms with Gasteiger partial charge in [0.05, 0.1) is 18.7 Å². The maximum atomic E-state index is 12.9. The van der Waals surface area contributed by atoms with Gasteiger partial charge in [0.1, 0.15) is 17.1 Å². The Morgan fingerprint density at radius 1 is 1.39 bits per heavy atom. The Bertz CT molecular complexity index is 1200. The number of carboxylic acids is 1. The third-order valence-electron chi connectivity index (χ3n) is 5.28. The van der Waals surface area contributed by atoms with Crippen LogP contribution >= 0.6 is 34.9 Å². The van der Waals surface area contributed by atoms with Gasteiger partial charge >= 0.3 is 5.97 Å². The van der Waals surface area contributed by atoms with Crippen molar-refractivity contribution in [2.45, 2.75) is 29.5 Å². The quantitative estimate of drug-likeness (QED) is 0.172. The minimum Gasteiger partial charge on any atom is -0.477 e. The highest BCUT2D eigenvalue weighted by Crippen LogP contribution is 2.41. The second-order valence-electron chi connectivity index (χ2n) is 8.07. The number of tetrazole rings is 1. The first kappa shape index (κ1) is 26.1. The average molecular weight is 554 g/mol. The number of carboxylic acid groups (broad SMARTS) is 1. The molecule has 2 atom stereocenters. The van der Waals surface area contributed by atoms with Crippen molar-refractivity contribution in [3.63, 3.8) is 0 Å². The summed E-state index contributed by atoms with van der Waals surface area (Å²) in [6, 6.07) is -0.824. The molecule has 2 aliphatic heterocycles. The predicted octanol–water partition coefficient (Wildman–Crippen LogP) is -0.667. The second-order valence-corrected chi connectivity index (χ2v) is 11.0. The minimum atomic E-state index is -1.20. The predicted molar refractivity (Wildman–Crippen MR) is 132 cm³/mol. The van der Waals surface area contributed by atoms with Gasteiger partial charge in [-0.3, -0.25) is 19.3 Å². The van der Waals surface area contributed by atoms with Crippen LogP contribution in [0.4, 0.5) is 5.13 Å². The Morgan fingerprint density at radius 3 is 2.92 bits per heavy atom. The van der Waals surface area contributed by atoms with Crippen LogP contribution in [0.3, 0.4) is 0 Å². The molecule has 0 saturated carbocycles. The first-order valence-corrected chi connectivity index (χ1v) is 13.6. The second kappa shape index (κ2) is 11.4. The SMILES string of the molecule is CN(C)CCn1nnnc1SCC1=C(C(=O)O)N2C(=O)[C@@H](NC(=O)Cc3csc(NC=O)n3)[C@H]2SC1. The fourth-order valence-electron chi connectivity index (χ4n) is 3.57. The molecule has 2 aliphatic rings. The van der Waals surface area contributed by atoms with Gasteiger partial charge < -0.3 is 20.6 Å². The summed E-state index contributed by atoms with van der Waals surface area (Å²) in [5, 5.41) is 28.7. The average Bonchev–Trinajstić information content (AvgIpc) is 3.48. The number of hydrogen-bond donors (Lipinski definition) is 3. The summed E-state index contributed by atoms with van der Waals surface area (Å²) in [4.78, 5) is 55.3. The lowest BCUT2D eigenvalue weighted by atomic mass is 10.0. The number of aliphatic carboxylic acids is 1. The highest BCUT2D eigenvalue weighted by atomic mass is 32.2. The Balaban J connectivity index is 1.39. The summed E-state index contributed by atoms with van der Waals surface area (Å²) in [5.74, 6) is -1.38. The van der Waals surface area contributed by atoms with Crippen molar-refractivity contribution >= 4 is 64.2 Å². The molecule has 0 spiro atoms. The Hall–Kier alpha value is -3.02. The van der Waals surface area contributed by atoms with Crippen molar-refractivity contribution in [3.05, 3.63) is 22.3 Å². The molecule has 0 radical (unpaired) electrons. The highest BCUT2D eigenvalue weighted by Gasteiger charge is 2.54. The van der Waals surface area contributed by atoms with Crippen LogP contribution in [-0.2, 0) is 32.1 Å². The smallest absolute Gasteiger partial charge is 0.352 e. The van der Waals surface area contributed by atoms with Crippen LogP contribution in [0.25, 0.3) is 0 Å². The topological polar surface area (TPSA) is 176 Å². The number of hydrogen-bond acceptors (Lipinski definition) is 12. The lowest BCUT2D eigenvalue weighted by molar-refractivity contribution is -0.150. The summed E-state index contributed by atoms with van der Waals surface area (Å²) in [6.45, 7) is 1.33. The molecule has 0 aliphatic carbocycles. The zero-order chi connectivity index (χ0) is 25.8. The summed E-state index contributed by atoms with van der Waals surface area (Å²) in [5.41, 5.74) is 0.991. The minimum absolute atomic E-state index is 0.0573. The number of β-lactam (4-membered cyclic amide) rings is 1. The largest absolute Gasteiger partial charge is 0.477 e. The third-order valence-corrected chi connectivity index (χ3v) is 8.48. The zero-order valence-electron chi connectivity index (χ0n) is 19.3. The van der Waals surface area contributed by atoms with Crippen LogP contribution in [0.2, 0.25) is 0 Å². The van der Waals surface area contributed by atoms with Crippen molar-refractivity contribution in [3.8, 4) is 0 Å². The number of rotatable bonds is 12. The number of thioether (sulfide) groups is 2. The number of thiazole rings is 1. The zero-order valence-corrected chi connectivity index (χ0v) is 21.7. The van der Waals surface area contributed by atoms with Crippen LogP contribution in [0.5, 0.6) is 0 Å². The van der Waals surface area contributed by atoms with Crippen LogP contribution < -0.4 is 10.6 Å². The summed E-state index contributed by atoms with van der Waals surface area (Å²) < 4.78 is 1.66. The number of likely N-dealkylation sites (N-methyl/N-ethyl adjacent to an activating group) is 1. The molecule has 0 aromatic carbocycles. The van der Waals surface area contributed by atoms with Gasteiger partial charge in [-0.25, -0.2) is 14.5 Å². The van der Waals surface area contributed by atoms with Crippen molar-refractivity contribution in [1.82, 2.24) is 40.3 Å². The van der Waals surface area contributed by atoms with E-state index < -0.39 is 29.2 Å². The maximum Gasteiger partial charge on any atom is 0.352 e. The van der Waals surface area contributed by atoms with Gasteiger partial charge in [-0.1, -0.05) is 11.8 Å². The highest BCUT2D eigenvalue weighted by molar-refractivity contribution is 8.01. The Morgan fingerprint density at radius 2 is 2.19 bits per heavy atom. The summed E-state index contributed by atoms with van der Waals surface area (Å²) in [7, 11) is 3.89. The summed E-state index contributed by atoms with van der Waals surface area (Å²) in [6.07, 6.45) is 0.433. The molecule has 4 rings (SSSR count). The number of fused-ring (bicyclic) bond motifs is 1. The van der Waals surface area contributed by atoms with Crippen LogP contribution in [-0.4, -0.2) is 108 Å². The van der Waals surface area contributed by atoms with E-state index in [0.717, 1.165) is 6.54 Å². The van der Waals surface area contributed by atoms with E-state index in [0.29, 0.717) is 46.0 Å². The monoisotopic (exact) mass is 553 g/mol. The number of amides is 3.